The van der Waals surface area contributed by atoms with Gasteiger partial charge in [-0.25, -0.2) is 4.98 Å². The van der Waals surface area contributed by atoms with Crippen molar-refractivity contribution in [2.45, 2.75) is 12.8 Å². The Bertz CT molecular complexity index is 815. The van der Waals surface area contributed by atoms with E-state index in [4.69, 9.17) is 4.74 Å². The van der Waals surface area contributed by atoms with Crippen LogP contribution in [0.4, 0.5) is 0 Å². The molecule has 1 aliphatic carbocycles. The van der Waals surface area contributed by atoms with E-state index < -0.39 is 0 Å². The summed E-state index contributed by atoms with van der Waals surface area (Å²) in [6.45, 7) is 0.765. The number of ether oxygens (including phenoxy) is 1. The average molecular weight is 327 g/mol. The van der Waals surface area contributed by atoms with Gasteiger partial charge in [0, 0.05) is 18.9 Å². The zero-order valence-electron chi connectivity index (χ0n) is 12.8. The third kappa shape index (κ3) is 2.94. The molecular formula is C17H17N3O2S. The van der Waals surface area contributed by atoms with Gasteiger partial charge in [0.1, 0.15) is 11.4 Å². The molecule has 0 bridgehead atoms. The first kappa shape index (κ1) is 14.3. The maximum atomic E-state index is 12.1. The lowest BCUT2D eigenvalue weighted by Gasteiger charge is -2.01. The van der Waals surface area contributed by atoms with Gasteiger partial charge >= 0.3 is 0 Å². The molecule has 1 N–H and O–H groups in total. The highest BCUT2D eigenvalue weighted by Gasteiger charge is 2.22. The van der Waals surface area contributed by atoms with E-state index in [2.05, 4.69) is 10.3 Å². The van der Waals surface area contributed by atoms with Gasteiger partial charge in [-0.15, -0.1) is 0 Å². The van der Waals surface area contributed by atoms with Crippen LogP contribution in [0.15, 0.2) is 36.7 Å². The number of carbonyl (C=O) groups is 1. The predicted octanol–water partition coefficient (Wildman–Crippen LogP) is 3.21. The molecule has 1 amide bonds. The molecule has 0 spiro atoms. The van der Waals surface area contributed by atoms with Crippen molar-refractivity contribution in [2.75, 3.05) is 13.7 Å². The Morgan fingerprint density at radius 3 is 2.78 bits per heavy atom. The largest absolute Gasteiger partial charge is 0.497 e. The summed E-state index contributed by atoms with van der Waals surface area (Å²) < 4.78 is 7.09. The molecular weight excluding hydrogens is 310 g/mol. The lowest BCUT2D eigenvalue weighted by atomic mass is 10.2. The maximum Gasteiger partial charge on any atom is 0.271 e. The highest BCUT2D eigenvalue weighted by Crippen LogP contribution is 2.30. The smallest absolute Gasteiger partial charge is 0.271 e. The summed E-state index contributed by atoms with van der Waals surface area (Å²) in [6.07, 6.45) is 6.25. The van der Waals surface area contributed by atoms with Crippen LogP contribution in [0.25, 0.3) is 15.4 Å². The Balaban J connectivity index is 1.54. The number of benzene rings is 1. The van der Waals surface area contributed by atoms with Crippen LogP contribution in [0, 0.1) is 5.92 Å². The zero-order chi connectivity index (χ0) is 15.8. The summed E-state index contributed by atoms with van der Waals surface area (Å²) in [7, 11) is 1.66. The summed E-state index contributed by atoms with van der Waals surface area (Å²) in [5.41, 5.74) is 1.60. The number of amides is 1. The second-order valence-electron chi connectivity index (χ2n) is 5.79. The first-order valence-corrected chi connectivity index (χ1v) is 8.46. The van der Waals surface area contributed by atoms with E-state index in [1.165, 1.54) is 12.8 Å². The minimum atomic E-state index is -0.0844. The average Bonchev–Trinajstić information content (AvgIpc) is 3.19. The molecule has 118 valence electrons. The lowest BCUT2D eigenvalue weighted by Crippen LogP contribution is -2.25. The van der Waals surface area contributed by atoms with Crippen molar-refractivity contribution in [1.82, 2.24) is 14.7 Å². The number of thiazole rings is 1. The zero-order valence-corrected chi connectivity index (χ0v) is 13.6. The Morgan fingerprint density at radius 2 is 2.13 bits per heavy atom. The SMILES string of the molecule is COc1ccc(-c2cn3cc(C(=O)NCC4CC4)nc3s2)cc1. The molecule has 0 aliphatic heterocycles. The van der Waals surface area contributed by atoms with Gasteiger partial charge in [0.05, 0.1) is 12.0 Å². The second-order valence-corrected chi connectivity index (χ2v) is 6.80. The van der Waals surface area contributed by atoms with Gasteiger partial charge in [0.15, 0.2) is 4.96 Å². The number of rotatable bonds is 5. The van der Waals surface area contributed by atoms with Gasteiger partial charge in [-0.3, -0.25) is 9.20 Å². The van der Waals surface area contributed by atoms with E-state index >= 15 is 0 Å². The van der Waals surface area contributed by atoms with Crippen LogP contribution in [-0.4, -0.2) is 28.9 Å². The number of hydrogen-bond donors (Lipinski definition) is 1. The summed E-state index contributed by atoms with van der Waals surface area (Å²) >= 11 is 1.57. The van der Waals surface area contributed by atoms with Crippen LogP contribution in [0.1, 0.15) is 23.3 Å². The number of hydrogen-bond acceptors (Lipinski definition) is 4. The highest BCUT2D eigenvalue weighted by atomic mass is 32.1. The van der Waals surface area contributed by atoms with Crippen LogP contribution < -0.4 is 10.1 Å². The Kier molecular flexibility index (Phi) is 3.53. The quantitative estimate of drug-likeness (QED) is 0.783. The third-order valence-corrected chi connectivity index (χ3v) is 5.06. The normalized spacial score (nSPS) is 14.1. The van der Waals surface area contributed by atoms with Crippen molar-refractivity contribution in [2.24, 2.45) is 5.92 Å². The number of methoxy groups -OCH3 is 1. The first-order valence-electron chi connectivity index (χ1n) is 7.64. The molecule has 0 unspecified atom stereocenters. The van der Waals surface area contributed by atoms with Crippen LogP contribution in [0.3, 0.4) is 0 Å². The fraction of sp³-hybridized carbons (Fsp3) is 0.294. The number of nitrogens with zero attached hydrogens (tertiary/aromatic N) is 2. The molecule has 4 rings (SSSR count). The Hall–Kier alpha value is -2.34. The number of fused-ring (bicyclic) bond motifs is 1. The molecule has 23 heavy (non-hydrogen) atoms. The van der Waals surface area contributed by atoms with Gasteiger partial charge in [-0.05, 0) is 48.6 Å². The number of aromatic nitrogens is 2. The van der Waals surface area contributed by atoms with Gasteiger partial charge in [-0.1, -0.05) is 11.3 Å². The molecule has 1 fully saturated rings. The van der Waals surface area contributed by atoms with Crippen LogP contribution in [-0.2, 0) is 0 Å². The van der Waals surface area contributed by atoms with Crippen LogP contribution >= 0.6 is 11.3 Å². The van der Waals surface area contributed by atoms with Gasteiger partial charge in [0.25, 0.3) is 5.91 Å². The van der Waals surface area contributed by atoms with Crippen molar-refractivity contribution in [1.29, 1.82) is 0 Å². The monoisotopic (exact) mass is 327 g/mol. The molecule has 2 heterocycles. The number of imidazole rings is 1. The van der Waals surface area contributed by atoms with Gasteiger partial charge < -0.3 is 10.1 Å². The minimum absolute atomic E-state index is 0.0844. The molecule has 6 heteroatoms. The first-order chi connectivity index (χ1) is 11.2. The Morgan fingerprint density at radius 1 is 1.35 bits per heavy atom. The van der Waals surface area contributed by atoms with Crippen LogP contribution in [0.2, 0.25) is 0 Å². The Labute approximate surface area is 137 Å². The lowest BCUT2D eigenvalue weighted by molar-refractivity contribution is 0.0947. The van der Waals surface area contributed by atoms with Crippen molar-refractivity contribution in [3.63, 3.8) is 0 Å². The molecule has 1 aliphatic rings. The van der Waals surface area contributed by atoms with E-state index in [1.54, 1.807) is 24.6 Å². The van der Waals surface area contributed by atoms with Gasteiger partial charge in [-0.2, -0.15) is 0 Å². The topological polar surface area (TPSA) is 55.6 Å². The number of carbonyl (C=O) groups excluding carboxylic acids is 1. The predicted molar refractivity (Wildman–Crippen MR) is 90.1 cm³/mol. The van der Waals surface area contributed by atoms with Crippen molar-refractivity contribution < 1.29 is 9.53 Å². The summed E-state index contributed by atoms with van der Waals surface area (Å²) in [4.78, 5) is 18.4. The fourth-order valence-corrected chi connectivity index (χ4v) is 3.42. The van der Waals surface area contributed by atoms with E-state index in [1.807, 2.05) is 34.9 Å². The minimum Gasteiger partial charge on any atom is -0.497 e. The molecule has 1 aromatic carbocycles. The number of nitrogens with one attached hydrogen (secondary N) is 1. The molecule has 0 radical (unpaired) electrons. The molecule has 5 nitrogen and oxygen atoms in total. The van der Waals surface area contributed by atoms with E-state index in [9.17, 15) is 4.79 Å². The van der Waals surface area contributed by atoms with Crippen molar-refractivity contribution in [3.05, 3.63) is 42.4 Å². The van der Waals surface area contributed by atoms with E-state index in [-0.39, 0.29) is 5.91 Å². The standard InChI is InChI=1S/C17H17N3O2S/c1-22-13-6-4-12(5-7-13)15-10-20-9-14(19-17(20)23-15)16(21)18-8-11-2-3-11/h4-7,9-11H,2-3,8H2,1H3,(H,18,21). The molecule has 1 saturated carbocycles. The van der Waals surface area contributed by atoms with Gasteiger partial charge in [0.2, 0.25) is 0 Å². The maximum absolute atomic E-state index is 12.1. The molecule has 3 aromatic rings. The van der Waals surface area contributed by atoms with E-state index in [0.29, 0.717) is 11.6 Å². The summed E-state index contributed by atoms with van der Waals surface area (Å²) in [5, 5.41) is 2.95. The summed E-state index contributed by atoms with van der Waals surface area (Å²) in [5.74, 6) is 1.42. The third-order valence-electron chi connectivity index (χ3n) is 4.01. The van der Waals surface area contributed by atoms with E-state index in [0.717, 1.165) is 27.7 Å². The molecule has 0 atom stereocenters. The summed E-state index contributed by atoms with van der Waals surface area (Å²) in [6, 6.07) is 7.92. The van der Waals surface area contributed by atoms with Crippen molar-refractivity contribution in [3.8, 4) is 16.2 Å². The molecule has 2 aromatic heterocycles. The fourth-order valence-electron chi connectivity index (χ4n) is 2.44. The second kappa shape index (κ2) is 5.70. The van der Waals surface area contributed by atoms with Crippen molar-refractivity contribution >= 4 is 22.2 Å². The molecule has 0 saturated heterocycles. The highest BCUT2D eigenvalue weighted by molar-refractivity contribution is 7.20. The van der Waals surface area contributed by atoms with Crippen LogP contribution in [0.5, 0.6) is 5.75 Å².